The Morgan fingerprint density at radius 2 is 2.29 bits per heavy atom. The van der Waals surface area contributed by atoms with Crippen LogP contribution in [0.5, 0.6) is 0 Å². The van der Waals surface area contributed by atoms with Crippen molar-refractivity contribution in [2.24, 2.45) is 5.92 Å². The summed E-state index contributed by atoms with van der Waals surface area (Å²) in [4.78, 5) is 11.5. The molecule has 1 N–H and O–H groups in total. The van der Waals surface area contributed by atoms with Crippen molar-refractivity contribution in [3.63, 3.8) is 0 Å². The molecule has 4 heteroatoms. The molecule has 1 aromatic heterocycles. The Balaban J connectivity index is 1.73. The molecule has 0 spiro atoms. The normalized spacial score (nSPS) is 30.7. The van der Waals surface area contributed by atoms with E-state index in [1.165, 1.54) is 42.9 Å². The van der Waals surface area contributed by atoms with Gasteiger partial charge in [-0.25, -0.2) is 9.97 Å². The number of aromatic nitrogens is 2. The summed E-state index contributed by atoms with van der Waals surface area (Å²) >= 11 is 0. The Kier molecular flexibility index (Phi) is 2.12. The number of hydrogen-bond donors (Lipinski definition) is 1. The molecular formula is C13H18N4. The number of fused-ring (bicyclic) bond motifs is 3. The third-order valence-corrected chi connectivity index (χ3v) is 4.53. The fourth-order valence-corrected chi connectivity index (χ4v) is 3.69. The molecule has 1 saturated carbocycles. The second-order valence-electron chi connectivity index (χ2n) is 5.53. The Hall–Kier alpha value is -1.16. The van der Waals surface area contributed by atoms with Crippen LogP contribution in [0.25, 0.3) is 0 Å². The van der Waals surface area contributed by atoms with Gasteiger partial charge in [-0.2, -0.15) is 0 Å². The molecule has 0 radical (unpaired) electrons. The second-order valence-corrected chi connectivity index (χ2v) is 5.53. The predicted molar refractivity (Wildman–Crippen MR) is 65.9 cm³/mol. The van der Waals surface area contributed by atoms with E-state index < -0.39 is 0 Å². The van der Waals surface area contributed by atoms with Crippen molar-refractivity contribution in [1.82, 2.24) is 15.3 Å². The third-order valence-electron chi connectivity index (χ3n) is 4.53. The van der Waals surface area contributed by atoms with E-state index in [9.17, 15) is 0 Å². The molecule has 2 fully saturated rings. The highest BCUT2D eigenvalue weighted by molar-refractivity contribution is 5.51. The average molecular weight is 230 g/mol. The molecule has 0 amide bonds. The second kappa shape index (κ2) is 3.67. The van der Waals surface area contributed by atoms with E-state index >= 15 is 0 Å². The van der Waals surface area contributed by atoms with E-state index in [0.29, 0.717) is 0 Å². The van der Waals surface area contributed by atoms with Gasteiger partial charge in [0, 0.05) is 37.7 Å². The monoisotopic (exact) mass is 230 g/mol. The molecule has 2 aliphatic heterocycles. The van der Waals surface area contributed by atoms with Crippen molar-refractivity contribution in [2.45, 2.75) is 38.3 Å². The lowest BCUT2D eigenvalue weighted by atomic mass is 10.1. The van der Waals surface area contributed by atoms with Gasteiger partial charge in [-0.3, -0.25) is 0 Å². The van der Waals surface area contributed by atoms with Crippen LogP contribution >= 0.6 is 0 Å². The van der Waals surface area contributed by atoms with Gasteiger partial charge in [0.15, 0.2) is 0 Å². The summed E-state index contributed by atoms with van der Waals surface area (Å²) in [5, 5.41) is 3.44. The van der Waals surface area contributed by atoms with Gasteiger partial charge in [0.25, 0.3) is 0 Å². The van der Waals surface area contributed by atoms with E-state index in [1.807, 2.05) is 0 Å². The minimum Gasteiger partial charge on any atom is -0.353 e. The van der Waals surface area contributed by atoms with Gasteiger partial charge >= 0.3 is 0 Å². The topological polar surface area (TPSA) is 41.1 Å². The Morgan fingerprint density at radius 1 is 1.29 bits per heavy atom. The smallest absolute Gasteiger partial charge is 0.137 e. The highest BCUT2D eigenvalue weighted by Gasteiger charge is 2.39. The molecule has 2 atom stereocenters. The molecule has 17 heavy (non-hydrogen) atoms. The zero-order chi connectivity index (χ0) is 11.2. The van der Waals surface area contributed by atoms with Gasteiger partial charge in [0.05, 0.1) is 5.69 Å². The third kappa shape index (κ3) is 1.47. The zero-order valence-corrected chi connectivity index (χ0v) is 10.0. The molecule has 90 valence electrons. The maximum atomic E-state index is 4.57. The SMILES string of the molecule is c1nc2c(c(N3CC4CCC3C4)n1)CNCC2. The van der Waals surface area contributed by atoms with Crippen LogP contribution in [0, 0.1) is 5.92 Å². The Bertz CT molecular complexity index is 445. The summed E-state index contributed by atoms with van der Waals surface area (Å²) in [6.45, 7) is 3.21. The summed E-state index contributed by atoms with van der Waals surface area (Å²) in [5.41, 5.74) is 2.61. The van der Waals surface area contributed by atoms with Gasteiger partial charge in [0.1, 0.15) is 12.1 Å². The molecule has 3 heterocycles. The van der Waals surface area contributed by atoms with Crippen LogP contribution in [0.3, 0.4) is 0 Å². The van der Waals surface area contributed by atoms with Crippen molar-refractivity contribution < 1.29 is 0 Å². The van der Waals surface area contributed by atoms with Crippen LogP contribution in [0.4, 0.5) is 5.82 Å². The van der Waals surface area contributed by atoms with E-state index in [1.54, 1.807) is 6.33 Å². The lowest BCUT2D eigenvalue weighted by Crippen LogP contribution is -2.35. The van der Waals surface area contributed by atoms with Crippen LogP contribution in [0.1, 0.15) is 30.5 Å². The lowest BCUT2D eigenvalue weighted by Gasteiger charge is -2.31. The molecule has 1 saturated heterocycles. The van der Waals surface area contributed by atoms with E-state index in [2.05, 4.69) is 20.2 Å². The first-order valence-electron chi connectivity index (χ1n) is 6.72. The van der Waals surface area contributed by atoms with Gasteiger partial charge in [-0.15, -0.1) is 0 Å². The number of nitrogens with zero attached hydrogens (tertiary/aromatic N) is 3. The van der Waals surface area contributed by atoms with Gasteiger partial charge in [0.2, 0.25) is 0 Å². The minimum absolute atomic E-state index is 0.751. The van der Waals surface area contributed by atoms with Crippen molar-refractivity contribution >= 4 is 5.82 Å². The van der Waals surface area contributed by atoms with Crippen LogP contribution in [0.2, 0.25) is 0 Å². The van der Waals surface area contributed by atoms with E-state index in [4.69, 9.17) is 0 Å². The zero-order valence-electron chi connectivity index (χ0n) is 10.0. The van der Waals surface area contributed by atoms with Crippen LogP contribution in [0.15, 0.2) is 6.33 Å². The van der Waals surface area contributed by atoms with E-state index in [-0.39, 0.29) is 0 Å². The average Bonchev–Trinajstić information content (AvgIpc) is 3.00. The standard InChI is InChI=1S/C13H18N4/c1-2-10-5-9(1)7-17(10)13-11-6-14-4-3-12(11)15-8-16-13/h8-10,14H,1-7H2. The molecule has 2 bridgehead atoms. The highest BCUT2D eigenvalue weighted by Crippen LogP contribution is 2.40. The largest absolute Gasteiger partial charge is 0.353 e. The number of anilines is 1. The fourth-order valence-electron chi connectivity index (χ4n) is 3.69. The molecule has 4 nitrogen and oxygen atoms in total. The van der Waals surface area contributed by atoms with Gasteiger partial charge in [-0.05, 0) is 25.2 Å². The Morgan fingerprint density at radius 3 is 3.12 bits per heavy atom. The maximum Gasteiger partial charge on any atom is 0.137 e. The summed E-state index contributed by atoms with van der Waals surface area (Å²) in [5.74, 6) is 2.14. The van der Waals surface area contributed by atoms with Crippen LogP contribution in [-0.2, 0) is 13.0 Å². The number of piperidine rings is 1. The number of nitrogens with one attached hydrogen (secondary N) is 1. The molecule has 0 aromatic carbocycles. The minimum atomic E-state index is 0.751. The summed E-state index contributed by atoms with van der Waals surface area (Å²) in [6, 6.07) is 0.751. The summed E-state index contributed by atoms with van der Waals surface area (Å²) in [6.07, 6.45) is 6.97. The quantitative estimate of drug-likeness (QED) is 0.784. The fraction of sp³-hybridized carbons (Fsp3) is 0.692. The van der Waals surface area contributed by atoms with Crippen molar-refractivity contribution in [2.75, 3.05) is 18.0 Å². The Labute approximate surface area is 101 Å². The van der Waals surface area contributed by atoms with Gasteiger partial charge in [-0.1, -0.05) is 0 Å². The first kappa shape index (κ1) is 9.83. The summed E-state index contributed by atoms with van der Waals surface area (Å²) < 4.78 is 0. The van der Waals surface area contributed by atoms with Crippen molar-refractivity contribution in [3.8, 4) is 0 Å². The molecular weight excluding hydrogens is 212 g/mol. The number of hydrogen-bond acceptors (Lipinski definition) is 4. The van der Waals surface area contributed by atoms with E-state index in [0.717, 1.165) is 31.5 Å². The highest BCUT2D eigenvalue weighted by atomic mass is 15.3. The molecule has 1 aromatic rings. The molecule has 1 aliphatic carbocycles. The molecule has 2 unspecified atom stereocenters. The maximum absolute atomic E-state index is 4.57. The first-order chi connectivity index (χ1) is 8.42. The molecule has 4 rings (SSSR count). The number of rotatable bonds is 1. The van der Waals surface area contributed by atoms with Crippen LogP contribution < -0.4 is 10.2 Å². The van der Waals surface area contributed by atoms with Crippen LogP contribution in [-0.4, -0.2) is 29.1 Å². The summed E-state index contributed by atoms with van der Waals surface area (Å²) in [7, 11) is 0. The van der Waals surface area contributed by atoms with Crippen molar-refractivity contribution in [3.05, 3.63) is 17.6 Å². The van der Waals surface area contributed by atoms with Gasteiger partial charge < -0.3 is 10.2 Å². The predicted octanol–water partition coefficient (Wildman–Crippen LogP) is 1.11. The first-order valence-corrected chi connectivity index (χ1v) is 6.72. The molecule has 3 aliphatic rings. The lowest BCUT2D eigenvalue weighted by molar-refractivity contribution is 0.543. The van der Waals surface area contributed by atoms with Crippen molar-refractivity contribution in [1.29, 1.82) is 0 Å².